The van der Waals surface area contributed by atoms with E-state index >= 15 is 0 Å². The summed E-state index contributed by atoms with van der Waals surface area (Å²) < 4.78 is 13.2. The van der Waals surface area contributed by atoms with Crippen molar-refractivity contribution in [3.8, 4) is 0 Å². The number of carbonyl (C=O) groups is 1. The van der Waals surface area contributed by atoms with Crippen molar-refractivity contribution in [2.24, 2.45) is 0 Å². The van der Waals surface area contributed by atoms with Crippen molar-refractivity contribution in [3.05, 3.63) is 65.5 Å². The Hall–Kier alpha value is -2.40. The number of fused-ring (bicyclic) bond motifs is 1. The van der Waals surface area contributed by atoms with E-state index in [1.165, 1.54) is 12.1 Å². The molecule has 1 amide bonds. The van der Waals surface area contributed by atoms with Crippen LogP contribution in [-0.2, 0) is 17.6 Å². The Labute approximate surface area is 134 Å². The van der Waals surface area contributed by atoms with E-state index in [9.17, 15) is 14.3 Å². The van der Waals surface area contributed by atoms with Crippen LogP contribution in [0.4, 0.5) is 10.1 Å². The van der Waals surface area contributed by atoms with Crippen molar-refractivity contribution in [1.82, 2.24) is 5.32 Å². The SMILES string of the molecule is O=C(N[C@H](CO)Cc1ccccc1)C1Cc2cc(F)ccc2N1. The van der Waals surface area contributed by atoms with Gasteiger partial charge in [0.25, 0.3) is 0 Å². The number of hydrogen-bond acceptors (Lipinski definition) is 3. The molecule has 0 saturated heterocycles. The molecule has 2 aromatic carbocycles. The van der Waals surface area contributed by atoms with E-state index < -0.39 is 6.04 Å². The van der Waals surface area contributed by atoms with Gasteiger partial charge in [0.15, 0.2) is 0 Å². The first-order valence-corrected chi connectivity index (χ1v) is 7.66. The molecule has 2 aromatic rings. The Bertz CT molecular complexity index is 691. The molecule has 0 aromatic heterocycles. The molecule has 5 heteroatoms. The number of hydrogen-bond donors (Lipinski definition) is 3. The molecular weight excluding hydrogens is 295 g/mol. The number of aliphatic hydroxyl groups is 1. The third kappa shape index (κ3) is 3.68. The number of amides is 1. The Balaban J connectivity index is 1.60. The first-order valence-electron chi connectivity index (χ1n) is 7.66. The lowest BCUT2D eigenvalue weighted by molar-refractivity contribution is -0.122. The van der Waals surface area contributed by atoms with Crippen LogP contribution in [0.2, 0.25) is 0 Å². The number of anilines is 1. The highest BCUT2D eigenvalue weighted by Gasteiger charge is 2.28. The van der Waals surface area contributed by atoms with Crippen LogP contribution in [0.3, 0.4) is 0 Å². The van der Waals surface area contributed by atoms with E-state index in [-0.39, 0.29) is 24.4 Å². The van der Waals surface area contributed by atoms with Gasteiger partial charge in [0.2, 0.25) is 5.91 Å². The zero-order valence-corrected chi connectivity index (χ0v) is 12.6. The Morgan fingerprint density at radius 2 is 2.09 bits per heavy atom. The summed E-state index contributed by atoms with van der Waals surface area (Å²) in [6, 6.07) is 13.4. The Morgan fingerprint density at radius 1 is 1.30 bits per heavy atom. The third-order valence-corrected chi connectivity index (χ3v) is 4.03. The van der Waals surface area contributed by atoms with Gasteiger partial charge in [0.1, 0.15) is 11.9 Å². The molecule has 1 aliphatic rings. The van der Waals surface area contributed by atoms with Gasteiger partial charge in [-0.15, -0.1) is 0 Å². The maximum atomic E-state index is 13.2. The summed E-state index contributed by atoms with van der Waals surface area (Å²) in [7, 11) is 0. The van der Waals surface area contributed by atoms with Gasteiger partial charge in [-0.25, -0.2) is 4.39 Å². The molecule has 0 radical (unpaired) electrons. The van der Waals surface area contributed by atoms with Crippen molar-refractivity contribution < 1.29 is 14.3 Å². The molecule has 0 spiro atoms. The zero-order chi connectivity index (χ0) is 16.2. The maximum Gasteiger partial charge on any atom is 0.243 e. The van der Waals surface area contributed by atoms with Crippen LogP contribution < -0.4 is 10.6 Å². The van der Waals surface area contributed by atoms with Crippen molar-refractivity contribution in [2.45, 2.75) is 24.9 Å². The van der Waals surface area contributed by atoms with Crippen LogP contribution in [0.15, 0.2) is 48.5 Å². The Morgan fingerprint density at radius 3 is 2.83 bits per heavy atom. The first-order chi connectivity index (χ1) is 11.2. The molecule has 0 aliphatic carbocycles. The van der Waals surface area contributed by atoms with Gasteiger partial charge >= 0.3 is 0 Å². The van der Waals surface area contributed by atoms with Gasteiger partial charge in [-0.1, -0.05) is 30.3 Å². The highest BCUT2D eigenvalue weighted by molar-refractivity contribution is 5.87. The number of benzene rings is 2. The van der Waals surface area contributed by atoms with E-state index in [0.717, 1.165) is 16.8 Å². The molecule has 4 nitrogen and oxygen atoms in total. The summed E-state index contributed by atoms with van der Waals surface area (Å²) >= 11 is 0. The van der Waals surface area contributed by atoms with E-state index in [2.05, 4.69) is 10.6 Å². The number of rotatable bonds is 5. The molecule has 1 aliphatic heterocycles. The van der Waals surface area contributed by atoms with Gasteiger partial charge in [-0.05, 0) is 35.7 Å². The van der Waals surface area contributed by atoms with E-state index in [1.54, 1.807) is 6.07 Å². The first kappa shape index (κ1) is 15.5. The normalized spacial score (nSPS) is 17.2. The van der Waals surface area contributed by atoms with Crippen LogP contribution in [0.25, 0.3) is 0 Å². The lowest BCUT2D eigenvalue weighted by Gasteiger charge is -2.19. The molecule has 1 heterocycles. The van der Waals surface area contributed by atoms with Crippen LogP contribution >= 0.6 is 0 Å². The summed E-state index contributed by atoms with van der Waals surface area (Å²) in [5.74, 6) is -0.486. The fourth-order valence-electron chi connectivity index (χ4n) is 2.85. The number of nitrogens with one attached hydrogen (secondary N) is 2. The molecular formula is C18H19FN2O2. The van der Waals surface area contributed by atoms with Crippen molar-refractivity contribution in [3.63, 3.8) is 0 Å². The second-order valence-corrected chi connectivity index (χ2v) is 5.78. The fourth-order valence-corrected chi connectivity index (χ4v) is 2.85. The zero-order valence-electron chi connectivity index (χ0n) is 12.6. The molecule has 3 N–H and O–H groups in total. The quantitative estimate of drug-likeness (QED) is 0.790. The second-order valence-electron chi connectivity index (χ2n) is 5.78. The highest BCUT2D eigenvalue weighted by Crippen LogP contribution is 2.26. The summed E-state index contributed by atoms with van der Waals surface area (Å²) in [5.41, 5.74) is 2.64. The van der Waals surface area contributed by atoms with Crippen molar-refractivity contribution >= 4 is 11.6 Å². The van der Waals surface area contributed by atoms with Crippen LogP contribution in [0, 0.1) is 5.82 Å². The predicted octanol–water partition coefficient (Wildman–Crippen LogP) is 1.88. The molecule has 2 atom stereocenters. The predicted molar refractivity (Wildman–Crippen MR) is 86.7 cm³/mol. The van der Waals surface area contributed by atoms with E-state index in [1.807, 2.05) is 30.3 Å². The molecule has 0 saturated carbocycles. The molecule has 120 valence electrons. The van der Waals surface area contributed by atoms with Gasteiger partial charge in [-0.2, -0.15) is 0 Å². The molecule has 1 unspecified atom stereocenters. The smallest absolute Gasteiger partial charge is 0.243 e. The average molecular weight is 314 g/mol. The third-order valence-electron chi connectivity index (χ3n) is 4.03. The highest BCUT2D eigenvalue weighted by atomic mass is 19.1. The fraction of sp³-hybridized carbons (Fsp3) is 0.278. The van der Waals surface area contributed by atoms with E-state index in [4.69, 9.17) is 0 Å². The second kappa shape index (κ2) is 6.79. The van der Waals surface area contributed by atoms with Gasteiger partial charge < -0.3 is 15.7 Å². The number of halogens is 1. The average Bonchev–Trinajstić information content (AvgIpc) is 2.98. The van der Waals surface area contributed by atoms with Gasteiger partial charge in [0, 0.05) is 12.1 Å². The topological polar surface area (TPSA) is 61.4 Å². The molecule has 0 fully saturated rings. The minimum absolute atomic E-state index is 0.130. The molecule has 0 bridgehead atoms. The minimum Gasteiger partial charge on any atom is -0.394 e. The standard InChI is InChI=1S/C18H19FN2O2/c19-14-6-7-16-13(9-14)10-17(21-16)18(23)20-15(11-22)8-12-4-2-1-3-5-12/h1-7,9,15,17,21-22H,8,10-11H2,(H,20,23)/t15-,17?/m0/s1. The number of carbonyl (C=O) groups excluding carboxylic acids is 1. The summed E-state index contributed by atoms with van der Waals surface area (Å²) in [6.07, 6.45) is 1.01. The van der Waals surface area contributed by atoms with E-state index in [0.29, 0.717) is 12.8 Å². The minimum atomic E-state index is -0.434. The maximum absolute atomic E-state index is 13.2. The summed E-state index contributed by atoms with van der Waals surface area (Å²) in [5, 5.41) is 15.5. The summed E-state index contributed by atoms with van der Waals surface area (Å²) in [6.45, 7) is -0.130. The van der Waals surface area contributed by atoms with Gasteiger partial charge in [0.05, 0.1) is 12.6 Å². The molecule has 3 rings (SSSR count). The van der Waals surface area contributed by atoms with Crippen LogP contribution in [0.5, 0.6) is 0 Å². The van der Waals surface area contributed by atoms with Crippen molar-refractivity contribution in [2.75, 3.05) is 11.9 Å². The molecule has 23 heavy (non-hydrogen) atoms. The largest absolute Gasteiger partial charge is 0.394 e. The number of aliphatic hydroxyl groups excluding tert-OH is 1. The van der Waals surface area contributed by atoms with Crippen molar-refractivity contribution in [1.29, 1.82) is 0 Å². The van der Waals surface area contributed by atoms with Gasteiger partial charge in [-0.3, -0.25) is 4.79 Å². The van der Waals surface area contributed by atoms with Crippen LogP contribution in [-0.4, -0.2) is 29.7 Å². The Kier molecular flexibility index (Phi) is 4.57. The summed E-state index contributed by atoms with van der Waals surface area (Å²) in [4.78, 5) is 12.4. The lowest BCUT2D eigenvalue weighted by Crippen LogP contribution is -2.46. The monoisotopic (exact) mass is 314 g/mol. The van der Waals surface area contributed by atoms with Crippen LogP contribution in [0.1, 0.15) is 11.1 Å². The lowest BCUT2D eigenvalue weighted by atomic mass is 10.1.